The molecule has 0 aliphatic heterocycles. The van der Waals surface area contributed by atoms with Crippen molar-refractivity contribution in [2.75, 3.05) is 6.61 Å². The van der Waals surface area contributed by atoms with Crippen LogP contribution in [0, 0.1) is 12.7 Å². The molecule has 0 aliphatic carbocycles. The third kappa shape index (κ3) is 4.75. The average Bonchev–Trinajstić information content (AvgIpc) is 3.28. The van der Waals surface area contributed by atoms with Crippen LogP contribution in [0.1, 0.15) is 22.9 Å². The first kappa shape index (κ1) is 24.4. The number of aromatic nitrogens is 4. The molecule has 0 aliphatic rings. The van der Waals surface area contributed by atoms with Crippen LogP contribution in [0.5, 0.6) is 0 Å². The maximum Gasteiger partial charge on any atom is 0.416 e. The van der Waals surface area contributed by atoms with Crippen molar-refractivity contribution in [2.45, 2.75) is 19.1 Å². The summed E-state index contributed by atoms with van der Waals surface area (Å²) in [5, 5.41) is 18.1. The topological polar surface area (TPSA) is 83.8 Å². The quantitative estimate of drug-likeness (QED) is 0.307. The number of hydrogen-bond donors (Lipinski definition) is 2. The molecule has 0 amide bonds. The van der Waals surface area contributed by atoms with E-state index in [1.807, 2.05) is 37.3 Å². The Morgan fingerprint density at radius 3 is 2.49 bits per heavy atom. The molecule has 5 rings (SSSR count). The van der Waals surface area contributed by atoms with E-state index in [2.05, 4.69) is 15.2 Å². The highest BCUT2D eigenvalue weighted by Gasteiger charge is 2.32. The highest BCUT2D eigenvalue weighted by atomic mass is 19.4. The lowest BCUT2D eigenvalue weighted by Crippen LogP contribution is -2.27. The summed E-state index contributed by atoms with van der Waals surface area (Å²) in [5.74, 6) is -1.11. The van der Waals surface area contributed by atoms with Crippen molar-refractivity contribution in [1.82, 2.24) is 19.7 Å². The summed E-state index contributed by atoms with van der Waals surface area (Å²) in [5.41, 5.74) is 2.60. The fourth-order valence-electron chi connectivity index (χ4n) is 4.36. The molecular formula is C27H20F4N4O2. The van der Waals surface area contributed by atoms with Gasteiger partial charge in [0.1, 0.15) is 11.5 Å². The fraction of sp³-hybridized carbons (Fsp3) is 0.148. The molecule has 188 valence electrons. The van der Waals surface area contributed by atoms with Crippen LogP contribution in [0.4, 0.5) is 17.6 Å². The van der Waals surface area contributed by atoms with Crippen LogP contribution >= 0.6 is 0 Å². The van der Waals surface area contributed by atoms with E-state index in [1.165, 1.54) is 12.3 Å². The largest absolute Gasteiger partial charge is 0.416 e. The number of fused-ring (bicyclic) bond motifs is 1. The number of alkyl halides is 3. The first-order valence-electron chi connectivity index (χ1n) is 11.3. The number of aryl methyl sites for hydroxylation is 1. The predicted octanol–water partition coefficient (Wildman–Crippen LogP) is 5.50. The number of rotatable bonds is 5. The van der Waals surface area contributed by atoms with E-state index in [0.29, 0.717) is 11.6 Å². The first-order chi connectivity index (χ1) is 17.6. The van der Waals surface area contributed by atoms with Crippen LogP contribution in [-0.2, 0) is 6.18 Å². The number of benzene rings is 2. The Morgan fingerprint density at radius 2 is 1.78 bits per heavy atom. The zero-order valence-corrected chi connectivity index (χ0v) is 19.4. The standard InChI is InChI=1S/C27H20F4N4O2/c1-15-8-18(4-6-32-15)26-22-11-16(2-3-23(22)33-34-26)17-5-7-35(25(37)12-17)24(14-36)19-9-20(27(29,30)31)13-21(28)10-19/h2-13,24,36H,14H2,1H3,(H,33,34). The number of H-pyrrole nitrogens is 1. The van der Waals surface area contributed by atoms with Gasteiger partial charge < -0.3 is 9.67 Å². The van der Waals surface area contributed by atoms with Crippen molar-refractivity contribution in [3.8, 4) is 22.4 Å². The fourth-order valence-corrected chi connectivity index (χ4v) is 4.36. The maximum atomic E-state index is 14.0. The van der Waals surface area contributed by atoms with E-state index >= 15 is 0 Å². The SMILES string of the molecule is Cc1cc(-c2n[nH]c3ccc(-c4ccn(C(CO)c5cc(F)cc(C(F)(F)F)c5)c(=O)c4)cc23)ccn1. The van der Waals surface area contributed by atoms with Crippen molar-refractivity contribution in [3.63, 3.8) is 0 Å². The second-order valence-electron chi connectivity index (χ2n) is 8.65. The minimum Gasteiger partial charge on any atom is -0.394 e. The van der Waals surface area contributed by atoms with Crippen LogP contribution in [0.15, 0.2) is 77.9 Å². The van der Waals surface area contributed by atoms with Gasteiger partial charge in [0.2, 0.25) is 0 Å². The van der Waals surface area contributed by atoms with Gasteiger partial charge in [-0.05, 0) is 72.1 Å². The number of hydrogen-bond acceptors (Lipinski definition) is 4. The Labute approximate surface area is 207 Å². The number of pyridine rings is 2. The molecule has 37 heavy (non-hydrogen) atoms. The molecule has 0 saturated heterocycles. The Morgan fingerprint density at radius 1 is 1.00 bits per heavy atom. The molecule has 0 saturated carbocycles. The molecule has 5 aromatic rings. The normalized spacial score (nSPS) is 12.7. The highest BCUT2D eigenvalue weighted by Crippen LogP contribution is 2.33. The lowest BCUT2D eigenvalue weighted by Gasteiger charge is -2.20. The van der Waals surface area contributed by atoms with Crippen LogP contribution in [0.3, 0.4) is 0 Å². The smallest absolute Gasteiger partial charge is 0.394 e. The molecule has 3 heterocycles. The molecule has 0 fully saturated rings. The summed E-state index contributed by atoms with van der Waals surface area (Å²) in [6.07, 6.45) is -1.70. The van der Waals surface area contributed by atoms with Crippen molar-refractivity contribution < 1.29 is 22.7 Å². The van der Waals surface area contributed by atoms with Gasteiger partial charge in [-0.25, -0.2) is 4.39 Å². The van der Waals surface area contributed by atoms with Crippen molar-refractivity contribution in [2.24, 2.45) is 0 Å². The molecule has 1 atom stereocenters. The Kier molecular flexibility index (Phi) is 6.12. The van der Waals surface area contributed by atoms with Crippen LogP contribution < -0.4 is 5.56 Å². The van der Waals surface area contributed by atoms with E-state index < -0.39 is 35.8 Å². The van der Waals surface area contributed by atoms with E-state index in [0.717, 1.165) is 50.1 Å². The molecule has 3 aromatic heterocycles. The lowest BCUT2D eigenvalue weighted by atomic mass is 10.0. The average molecular weight is 508 g/mol. The zero-order valence-electron chi connectivity index (χ0n) is 19.4. The van der Waals surface area contributed by atoms with Gasteiger partial charge in [0.05, 0.1) is 23.7 Å². The van der Waals surface area contributed by atoms with Crippen LogP contribution in [-0.4, -0.2) is 31.5 Å². The summed E-state index contributed by atoms with van der Waals surface area (Å²) < 4.78 is 54.6. The molecule has 1 unspecified atom stereocenters. The monoisotopic (exact) mass is 508 g/mol. The molecular weight excluding hydrogens is 488 g/mol. The van der Waals surface area contributed by atoms with Crippen molar-refractivity contribution in [1.29, 1.82) is 0 Å². The van der Waals surface area contributed by atoms with Crippen LogP contribution in [0.25, 0.3) is 33.3 Å². The third-order valence-electron chi connectivity index (χ3n) is 6.16. The van der Waals surface area contributed by atoms with Crippen LogP contribution in [0.2, 0.25) is 0 Å². The Hall–Kier alpha value is -4.31. The van der Waals surface area contributed by atoms with Gasteiger partial charge in [-0.1, -0.05) is 6.07 Å². The van der Waals surface area contributed by atoms with E-state index in [-0.39, 0.29) is 5.56 Å². The highest BCUT2D eigenvalue weighted by molar-refractivity contribution is 5.95. The molecule has 0 bridgehead atoms. The summed E-state index contributed by atoms with van der Waals surface area (Å²) in [7, 11) is 0. The van der Waals surface area contributed by atoms with Gasteiger partial charge in [-0.15, -0.1) is 0 Å². The maximum absolute atomic E-state index is 14.0. The summed E-state index contributed by atoms with van der Waals surface area (Å²) >= 11 is 0. The van der Waals surface area contributed by atoms with Crippen molar-refractivity contribution >= 4 is 10.9 Å². The summed E-state index contributed by atoms with van der Waals surface area (Å²) in [6, 6.07) is 13.0. The van der Waals surface area contributed by atoms with E-state index in [1.54, 1.807) is 12.3 Å². The first-order valence-corrected chi connectivity index (χ1v) is 11.3. The number of aliphatic hydroxyl groups excluding tert-OH is 1. The number of aliphatic hydroxyl groups is 1. The van der Waals surface area contributed by atoms with E-state index in [4.69, 9.17) is 0 Å². The molecule has 0 spiro atoms. The third-order valence-corrected chi connectivity index (χ3v) is 6.16. The minimum absolute atomic E-state index is 0.165. The van der Waals surface area contributed by atoms with Gasteiger partial charge in [0.15, 0.2) is 0 Å². The zero-order chi connectivity index (χ0) is 26.3. The van der Waals surface area contributed by atoms with Gasteiger partial charge in [-0.2, -0.15) is 18.3 Å². The lowest BCUT2D eigenvalue weighted by molar-refractivity contribution is -0.137. The number of nitrogens with zero attached hydrogens (tertiary/aromatic N) is 3. The molecule has 10 heteroatoms. The second kappa shape index (κ2) is 9.29. The molecule has 6 nitrogen and oxygen atoms in total. The molecule has 2 N–H and O–H groups in total. The number of aromatic amines is 1. The van der Waals surface area contributed by atoms with Gasteiger partial charge in [0.25, 0.3) is 5.56 Å². The second-order valence-corrected chi connectivity index (χ2v) is 8.65. The molecule has 2 aromatic carbocycles. The predicted molar refractivity (Wildman–Crippen MR) is 130 cm³/mol. The summed E-state index contributed by atoms with van der Waals surface area (Å²) in [4.78, 5) is 17.2. The van der Waals surface area contributed by atoms with E-state index in [9.17, 15) is 27.5 Å². The number of nitrogens with one attached hydrogen (secondary N) is 1. The van der Waals surface area contributed by atoms with Gasteiger partial charge >= 0.3 is 6.18 Å². The number of halogens is 4. The Balaban J connectivity index is 1.54. The Bertz CT molecular complexity index is 1670. The minimum atomic E-state index is -4.77. The van der Waals surface area contributed by atoms with Gasteiger partial charge in [-0.3, -0.25) is 14.9 Å². The van der Waals surface area contributed by atoms with Crippen molar-refractivity contribution in [3.05, 3.63) is 106 Å². The van der Waals surface area contributed by atoms with Gasteiger partial charge in [0, 0.05) is 35.1 Å². The molecule has 0 radical (unpaired) electrons. The summed E-state index contributed by atoms with van der Waals surface area (Å²) in [6.45, 7) is 1.18.